The standard InChI is InChI=1S/C15H20N2O/c1-18-17-15(16)14-8-12-6-10-4-2-3-5-11(10)7-13(12)9-14/h6-7,14H,2-5,8-9H2,1H3,(H2,16,17). The molecule has 2 aliphatic carbocycles. The lowest BCUT2D eigenvalue weighted by molar-refractivity contribution is 0.210. The lowest BCUT2D eigenvalue weighted by Crippen LogP contribution is -2.24. The number of nitrogens with zero attached hydrogens (tertiary/aromatic N) is 1. The second kappa shape index (κ2) is 4.63. The van der Waals surface area contributed by atoms with E-state index in [2.05, 4.69) is 17.3 Å². The second-order valence-corrected chi connectivity index (χ2v) is 5.40. The molecule has 18 heavy (non-hydrogen) atoms. The van der Waals surface area contributed by atoms with Gasteiger partial charge in [0, 0.05) is 5.92 Å². The number of benzene rings is 1. The summed E-state index contributed by atoms with van der Waals surface area (Å²) in [5.41, 5.74) is 12.0. The van der Waals surface area contributed by atoms with Gasteiger partial charge in [-0.2, -0.15) is 0 Å². The number of hydrogen-bond acceptors (Lipinski definition) is 2. The summed E-state index contributed by atoms with van der Waals surface area (Å²) in [5, 5.41) is 3.88. The molecule has 3 nitrogen and oxygen atoms in total. The Morgan fingerprint density at radius 1 is 1.11 bits per heavy atom. The first kappa shape index (κ1) is 11.6. The predicted octanol–water partition coefficient (Wildman–Crippen LogP) is 2.20. The molecule has 0 atom stereocenters. The van der Waals surface area contributed by atoms with E-state index in [0.717, 1.165) is 12.8 Å². The quantitative estimate of drug-likeness (QED) is 0.492. The van der Waals surface area contributed by atoms with E-state index in [1.165, 1.54) is 36.8 Å². The fourth-order valence-electron chi connectivity index (χ4n) is 3.26. The van der Waals surface area contributed by atoms with Gasteiger partial charge < -0.3 is 10.6 Å². The van der Waals surface area contributed by atoms with Gasteiger partial charge in [-0.3, -0.25) is 0 Å². The summed E-state index contributed by atoms with van der Waals surface area (Å²) >= 11 is 0. The van der Waals surface area contributed by atoms with Crippen LogP contribution in [0.5, 0.6) is 0 Å². The second-order valence-electron chi connectivity index (χ2n) is 5.40. The lowest BCUT2D eigenvalue weighted by atomic mass is 9.89. The predicted molar refractivity (Wildman–Crippen MR) is 72.6 cm³/mol. The fourth-order valence-corrected chi connectivity index (χ4v) is 3.26. The van der Waals surface area contributed by atoms with Gasteiger partial charge in [0.1, 0.15) is 12.9 Å². The molecule has 0 aromatic heterocycles. The highest BCUT2D eigenvalue weighted by molar-refractivity contribution is 5.83. The SMILES string of the molecule is CON=C(N)C1Cc2cc3c(cc2C1)CCCC3. The third-order valence-corrected chi connectivity index (χ3v) is 4.21. The molecule has 0 bridgehead atoms. The summed E-state index contributed by atoms with van der Waals surface area (Å²) in [7, 11) is 1.55. The molecule has 96 valence electrons. The number of hydrogen-bond donors (Lipinski definition) is 1. The molecule has 1 aromatic rings. The van der Waals surface area contributed by atoms with E-state index in [9.17, 15) is 0 Å². The highest BCUT2D eigenvalue weighted by Gasteiger charge is 2.26. The minimum Gasteiger partial charge on any atom is -0.398 e. The molecule has 2 N–H and O–H groups in total. The lowest BCUT2D eigenvalue weighted by Gasteiger charge is -2.17. The Hall–Kier alpha value is -1.51. The minimum absolute atomic E-state index is 0.323. The number of nitrogens with two attached hydrogens (primary N) is 1. The fraction of sp³-hybridized carbons (Fsp3) is 0.533. The summed E-state index contributed by atoms with van der Waals surface area (Å²) in [6.07, 6.45) is 7.19. The van der Waals surface area contributed by atoms with Gasteiger partial charge in [0.25, 0.3) is 0 Å². The van der Waals surface area contributed by atoms with E-state index >= 15 is 0 Å². The van der Waals surface area contributed by atoms with Crippen LogP contribution < -0.4 is 5.73 Å². The zero-order valence-electron chi connectivity index (χ0n) is 10.9. The Balaban J connectivity index is 1.87. The summed E-state index contributed by atoms with van der Waals surface area (Å²) in [6, 6.07) is 4.81. The van der Waals surface area contributed by atoms with Crippen molar-refractivity contribution >= 4 is 5.84 Å². The maximum absolute atomic E-state index is 5.95. The molecular weight excluding hydrogens is 224 g/mol. The molecule has 0 saturated heterocycles. The molecule has 1 aromatic carbocycles. The molecule has 0 aliphatic heterocycles. The van der Waals surface area contributed by atoms with E-state index in [4.69, 9.17) is 10.6 Å². The molecule has 2 aliphatic rings. The number of fused-ring (bicyclic) bond motifs is 2. The van der Waals surface area contributed by atoms with Crippen molar-refractivity contribution in [1.82, 2.24) is 0 Å². The first-order valence-electron chi connectivity index (χ1n) is 6.78. The van der Waals surface area contributed by atoms with Gasteiger partial charge in [0.15, 0.2) is 0 Å². The van der Waals surface area contributed by atoms with Crippen LogP contribution in [-0.2, 0) is 30.5 Å². The van der Waals surface area contributed by atoms with Crippen LogP contribution in [0, 0.1) is 5.92 Å². The zero-order chi connectivity index (χ0) is 12.5. The average Bonchev–Trinajstić information content (AvgIpc) is 2.79. The highest BCUT2D eigenvalue weighted by Crippen LogP contribution is 2.32. The van der Waals surface area contributed by atoms with Crippen molar-refractivity contribution in [2.75, 3.05) is 7.11 Å². The van der Waals surface area contributed by atoms with Crippen molar-refractivity contribution in [3.05, 3.63) is 34.4 Å². The molecule has 0 fully saturated rings. The van der Waals surface area contributed by atoms with Crippen LogP contribution in [0.3, 0.4) is 0 Å². The number of amidine groups is 1. The minimum atomic E-state index is 0.323. The molecule has 0 amide bonds. The number of rotatable bonds is 2. The van der Waals surface area contributed by atoms with Gasteiger partial charge >= 0.3 is 0 Å². The topological polar surface area (TPSA) is 47.6 Å². The molecule has 0 unspecified atom stereocenters. The van der Waals surface area contributed by atoms with Crippen molar-refractivity contribution in [2.45, 2.75) is 38.5 Å². The van der Waals surface area contributed by atoms with Crippen molar-refractivity contribution in [1.29, 1.82) is 0 Å². The zero-order valence-corrected chi connectivity index (χ0v) is 10.9. The van der Waals surface area contributed by atoms with Crippen LogP contribution in [0.15, 0.2) is 17.3 Å². The van der Waals surface area contributed by atoms with Crippen molar-refractivity contribution in [2.24, 2.45) is 16.8 Å². The van der Waals surface area contributed by atoms with Gasteiger partial charge in [0.2, 0.25) is 0 Å². The van der Waals surface area contributed by atoms with E-state index < -0.39 is 0 Å². The van der Waals surface area contributed by atoms with Gasteiger partial charge in [-0.05, 0) is 60.8 Å². The van der Waals surface area contributed by atoms with E-state index in [1.54, 1.807) is 18.2 Å². The number of oxime groups is 1. The van der Waals surface area contributed by atoms with E-state index in [0.29, 0.717) is 11.8 Å². The van der Waals surface area contributed by atoms with Crippen LogP contribution in [0.25, 0.3) is 0 Å². The highest BCUT2D eigenvalue weighted by atomic mass is 16.6. The van der Waals surface area contributed by atoms with Gasteiger partial charge in [0.05, 0.1) is 0 Å². The third kappa shape index (κ3) is 1.98. The van der Waals surface area contributed by atoms with Crippen LogP contribution in [0.1, 0.15) is 35.1 Å². The molecule has 0 radical (unpaired) electrons. The third-order valence-electron chi connectivity index (χ3n) is 4.21. The average molecular weight is 244 g/mol. The Morgan fingerprint density at radius 3 is 2.17 bits per heavy atom. The van der Waals surface area contributed by atoms with Gasteiger partial charge in [-0.1, -0.05) is 17.3 Å². The molecule has 3 rings (SSSR count). The van der Waals surface area contributed by atoms with Crippen LogP contribution in [0.4, 0.5) is 0 Å². The summed E-state index contributed by atoms with van der Waals surface area (Å²) in [6.45, 7) is 0. The van der Waals surface area contributed by atoms with Gasteiger partial charge in [-0.15, -0.1) is 0 Å². The summed E-state index contributed by atoms with van der Waals surface area (Å²) in [4.78, 5) is 4.78. The molecule has 0 saturated carbocycles. The van der Waals surface area contributed by atoms with Crippen LogP contribution >= 0.6 is 0 Å². The van der Waals surface area contributed by atoms with Crippen molar-refractivity contribution < 1.29 is 4.84 Å². The van der Waals surface area contributed by atoms with Crippen molar-refractivity contribution in [3.63, 3.8) is 0 Å². The van der Waals surface area contributed by atoms with Crippen LogP contribution in [-0.4, -0.2) is 12.9 Å². The summed E-state index contributed by atoms with van der Waals surface area (Å²) in [5.74, 6) is 0.954. The molecule has 0 heterocycles. The smallest absolute Gasteiger partial charge is 0.143 e. The first-order valence-corrected chi connectivity index (χ1v) is 6.78. The van der Waals surface area contributed by atoms with E-state index in [-0.39, 0.29) is 0 Å². The molecule has 3 heteroatoms. The monoisotopic (exact) mass is 244 g/mol. The molecule has 0 spiro atoms. The Morgan fingerprint density at radius 2 is 1.67 bits per heavy atom. The maximum Gasteiger partial charge on any atom is 0.143 e. The first-order chi connectivity index (χ1) is 8.78. The van der Waals surface area contributed by atoms with Crippen molar-refractivity contribution in [3.8, 4) is 0 Å². The van der Waals surface area contributed by atoms with Gasteiger partial charge in [-0.25, -0.2) is 0 Å². The largest absolute Gasteiger partial charge is 0.398 e. The molecular formula is C15H20N2O. The Kier molecular flexibility index (Phi) is 2.98. The summed E-state index contributed by atoms with van der Waals surface area (Å²) < 4.78 is 0. The Labute approximate surface area is 108 Å². The Bertz CT molecular complexity index is 459. The van der Waals surface area contributed by atoms with Crippen LogP contribution in [0.2, 0.25) is 0 Å². The normalized spacial score (nSPS) is 19.5. The maximum atomic E-state index is 5.95. The number of aryl methyl sites for hydroxylation is 2. The van der Waals surface area contributed by atoms with E-state index in [1.807, 2.05) is 0 Å².